The van der Waals surface area contributed by atoms with E-state index in [-0.39, 0.29) is 40.1 Å². The second-order valence-corrected chi connectivity index (χ2v) is 11.6. The maximum Gasteiger partial charge on any atom is 0.454 e. The van der Waals surface area contributed by atoms with Gasteiger partial charge in [0.2, 0.25) is 10.0 Å². The Kier molecular flexibility index (Phi) is 6.95. The number of anilines is 1. The fraction of sp³-hybridized carbons (Fsp3) is 0.400. The third-order valence-electron chi connectivity index (χ3n) is 6.93. The molecule has 3 aromatic rings. The first-order valence-electron chi connectivity index (χ1n) is 12.3. The highest BCUT2D eigenvalue weighted by Crippen LogP contribution is 2.47. The van der Waals surface area contributed by atoms with Crippen molar-refractivity contribution in [1.29, 1.82) is 0 Å². The fourth-order valence-corrected chi connectivity index (χ4v) is 6.01. The molecule has 0 spiro atoms. The second kappa shape index (κ2) is 9.94. The molecule has 38 heavy (non-hydrogen) atoms. The summed E-state index contributed by atoms with van der Waals surface area (Å²) in [5.74, 6) is -0.492. The van der Waals surface area contributed by atoms with Crippen LogP contribution in [0.15, 0.2) is 40.8 Å². The lowest BCUT2D eigenvalue weighted by atomic mass is 9.81. The minimum absolute atomic E-state index is 0.0570. The topological polar surface area (TPSA) is 118 Å². The van der Waals surface area contributed by atoms with Gasteiger partial charge in [-0.2, -0.15) is 13.2 Å². The van der Waals surface area contributed by atoms with Crippen molar-refractivity contribution in [3.63, 3.8) is 0 Å². The summed E-state index contributed by atoms with van der Waals surface area (Å²) in [5, 5.41) is 12.5. The van der Waals surface area contributed by atoms with Crippen LogP contribution < -0.4 is 10.0 Å². The first kappa shape index (κ1) is 26.6. The number of fused-ring (bicyclic) bond motifs is 1. The predicted octanol–water partition coefficient (Wildman–Crippen LogP) is 4.61. The Morgan fingerprint density at radius 3 is 2.47 bits per heavy atom. The van der Waals surface area contributed by atoms with Crippen LogP contribution in [0.1, 0.15) is 46.7 Å². The van der Waals surface area contributed by atoms with E-state index in [1.54, 1.807) is 6.07 Å². The van der Waals surface area contributed by atoms with E-state index in [0.29, 0.717) is 30.4 Å². The quantitative estimate of drug-likeness (QED) is 0.353. The molecule has 2 aliphatic rings. The lowest BCUT2D eigenvalue weighted by Gasteiger charge is -2.14. The zero-order chi connectivity index (χ0) is 27.2. The maximum absolute atomic E-state index is 13.1. The average Bonchev–Trinajstić information content (AvgIpc) is 3.52. The highest BCUT2D eigenvalue weighted by molar-refractivity contribution is 7.92. The molecule has 1 saturated heterocycles. The minimum atomic E-state index is -4.51. The molecule has 1 saturated carbocycles. The van der Waals surface area contributed by atoms with E-state index in [1.807, 2.05) is 0 Å². The Hall–Kier alpha value is -3.03. The number of amides is 1. The largest absolute Gasteiger partial charge is 0.455 e. The zero-order valence-corrected chi connectivity index (χ0v) is 21.3. The minimum Gasteiger partial charge on any atom is -0.455 e. The van der Waals surface area contributed by atoms with E-state index in [2.05, 4.69) is 10.0 Å². The van der Waals surface area contributed by atoms with Gasteiger partial charge in [0.1, 0.15) is 11.3 Å². The van der Waals surface area contributed by atoms with Gasteiger partial charge >= 0.3 is 13.3 Å². The normalized spacial score (nSPS) is 18.2. The van der Waals surface area contributed by atoms with Gasteiger partial charge in [0.25, 0.3) is 5.91 Å². The predicted molar refractivity (Wildman–Crippen MR) is 136 cm³/mol. The molecule has 1 atom stereocenters. The van der Waals surface area contributed by atoms with Crippen molar-refractivity contribution in [2.24, 2.45) is 5.92 Å². The summed E-state index contributed by atoms with van der Waals surface area (Å²) in [6.07, 6.45) is -2.08. The number of sulfonamides is 1. The molecule has 2 heterocycles. The summed E-state index contributed by atoms with van der Waals surface area (Å²) in [6, 6.07) is 7.57. The van der Waals surface area contributed by atoms with Crippen molar-refractivity contribution >= 4 is 39.7 Å². The summed E-state index contributed by atoms with van der Waals surface area (Å²) < 4.78 is 78.8. The van der Waals surface area contributed by atoms with E-state index < -0.39 is 34.8 Å². The van der Waals surface area contributed by atoms with Crippen molar-refractivity contribution in [2.75, 3.05) is 24.1 Å². The molecule has 2 fully saturated rings. The van der Waals surface area contributed by atoms with E-state index in [1.165, 1.54) is 25.2 Å². The van der Waals surface area contributed by atoms with E-state index in [4.69, 9.17) is 9.07 Å². The van der Waals surface area contributed by atoms with Gasteiger partial charge in [0, 0.05) is 30.7 Å². The number of benzene rings is 2. The molecule has 1 amide bonds. The zero-order valence-electron chi connectivity index (χ0n) is 20.5. The molecule has 202 valence electrons. The Bertz CT molecular complexity index is 1470. The number of carbonyl (C=O) groups is 1. The third-order valence-corrected chi connectivity index (χ3v) is 8.23. The van der Waals surface area contributed by atoms with Crippen LogP contribution in [0.2, 0.25) is 6.32 Å². The molecule has 1 unspecified atom stereocenters. The highest BCUT2D eigenvalue weighted by Gasteiger charge is 2.33. The van der Waals surface area contributed by atoms with Gasteiger partial charge in [-0.1, -0.05) is 12.1 Å². The van der Waals surface area contributed by atoms with Gasteiger partial charge in [0.05, 0.1) is 22.6 Å². The third kappa shape index (κ3) is 5.54. The van der Waals surface area contributed by atoms with Crippen LogP contribution >= 0.6 is 0 Å². The van der Waals surface area contributed by atoms with Crippen LogP contribution in [0.3, 0.4) is 0 Å². The van der Waals surface area contributed by atoms with Gasteiger partial charge in [-0.05, 0) is 61.2 Å². The number of furan rings is 1. The molecule has 1 aliphatic carbocycles. The van der Waals surface area contributed by atoms with Crippen molar-refractivity contribution in [1.82, 2.24) is 5.32 Å². The van der Waals surface area contributed by atoms with Crippen LogP contribution in [0, 0.1) is 5.92 Å². The average molecular weight is 550 g/mol. The second-order valence-electron chi connectivity index (χ2n) is 9.77. The molecule has 3 N–H and O–H groups in total. The summed E-state index contributed by atoms with van der Waals surface area (Å²) in [6.45, 7) is 0.303. The monoisotopic (exact) mass is 550 g/mol. The summed E-state index contributed by atoms with van der Waals surface area (Å²) in [4.78, 5) is 12.9. The van der Waals surface area contributed by atoms with Crippen LogP contribution in [-0.2, 0) is 20.9 Å². The van der Waals surface area contributed by atoms with Crippen molar-refractivity contribution < 1.29 is 40.5 Å². The van der Waals surface area contributed by atoms with Crippen LogP contribution in [0.4, 0.5) is 18.9 Å². The molecule has 5 rings (SSSR count). The first-order chi connectivity index (χ1) is 17.9. The molecular formula is C25H26BF3N2O6S. The molecule has 13 heteroatoms. The molecule has 2 aromatic carbocycles. The number of halogens is 3. The van der Waals surface area contributed by atoms with E-state index in [9.17, 15) is 31.4 Å². The summed E-state index contributed by atoms with van der Waals surface area (Å²) in [7, 11) is -3.17. The number of carbonyl (C=O) groups excluding carboxylic acids is 1. The SMILES string of the molecule is CNC(=O)c1c(-c2ccc(C(F)(F)F)cc2)oc2cc(NS(=O)(=O)CCC3COB(O)C3)c(C3CC3)cc12. The highest BCUT2D eigenvalue weighted by atomic mass is 32.2. The maximum atomic E-state index is 13.1. The lowest BCUT2D eigenvalue weighted by Crippen LogP contribution is -2.20. The Labute approximate surface area is 217 Å². The van der Waals surface area contributed by atoms with Crippen LogP contribution in [0.5, 0.6) is 0 Å². The van der Waals surface area contributed by atoms with Crippen LogP contribution in [-0.4, -0.2) is 45.9 Å². The summed E-state index contributed by atoms with van der Waals surface area (Å²) >= 11 is 0. The Morgan fingerprint density at radius 2 is 1.89 bits per heavy atom. The van der Waals surface area contributed by atoms with E-state index >= 15 is 0 Å². The smallest absolute Gasteiger partial charge is 0.454 e. The number of alkyl halides is 3. The van der Waals surface area contributed by atoms with Gasteiger partial charge in [-0.15, -0.1) is 0 Å². The van der Waals surface area contributed by atoms with Gasteiger partial charge < -0.3 is 19.4 Å². The Morgan fingerprint density at radius 1 is 1.18 bits per heavy atom. The molecular weight excluding hydrogens is 524 g/mol. The molecule has 8 nitrogen and oxygen atoms in total. The number of rotatable bonds is 8. The number of nitrogens with one attached hydrogen (secondary N) is 2. The number of hydrogen-bond donors (Lipinski definition) is 3. The molecule has 1 aliphatic heterocycles. The van der Waals surface area contributed by atoms with Crippen LogP contribution in [0.25, 0.3) is 22.3 Å². The van der Waals surface area contributed by atoms with Crippen molar-refractivity contribution in [3.8, 4) is 11.3 Å². The van der Waals surface area contributed by atoms with Gasteiger partial charge in [0.15, 0.2) is 0 Å². The van der Waals surface area contributed by atoms with Crippen molar-refractivity contribution in [2.45, 2.75) is 37.7 Å². The van der Waals surface area contributed by atoms with Gasteiger partial charge in [-0.3, -0.25) is 9.52 Å². The summed E-state index contributed by atoms with van der Waals surface area (Å²) in [5.41, 5.74) is 0.921. The molecule has 1 aromatic heterocycles. The van der Waals surface area contributed by atoms with Gasteiger partial charge in [-0.25, -0.2) is 8.42 Å². The van der Waals surface area contributed by atoms with Crippen molar-refractivity contribution in [3.05, 3.63) is 53.1 Å². The van der Waals surface area contributed by atoms with E-state index in [0.717, 1.165) is 30.5 Å². The number of hydrogen-bond acceptors (Lipinski definition) is 6. The standard InChI is InChI=1S/C25H26BF3N2O6S/c1-30-24(32)22-19-10-18(15-2-3-15)20(31-38(34,35)9-8-14-12-26(33)36-13-14)11-21(19)37-23(22)16-4-6-17(7-5-16)25(27,28)29/h4-7,10-11,14-15,31,33H,2-3,8-9,12-13H2,1H3,(H,30,32). The lowest BCUT2D eigenvalue weighted by molar-refractivity contribution is -0.137. The Balaban J connectivity index is 1.52. The fourth-order valence-electron chi connectivity index (χ4n) is 4.75. The first-order valence-corrected chi connectivity index (χ1v) is 13.9. The molecule has 0 radical (unpaired) electrons. The molecule has 0 bridgehead atoms.